The van der Waals surface area contributed by atoms with E-state index in [0.29, 0.717) is 5.56 Å². The first-order valence-corrected chi connectivity index (χ1v) is 10.2. The van der Waals surface area contributed by atoms with Gasteiger partial charge in [-0.3, -0.25) is 14.2 Å². The summed E-state index contributed by atoms with van der Waals surface area (Å²) in [6, 6.07) is 9.06. The molecular formula is C24H28N2O3. The first-order chi connectivity index (χ1) is 13.7. The van der Waals surface area contributed by atoms with E-state index in [1.54, 1.807) is 19.1 Å². The molecule has 0 atom stereocenters. The zero-order chi connectivity index (χ0) is 21.3. The van der Waals surface area contributed by atoms with Crippen LogP contribution in [0.15, 0.2) is 29.1 Å². The molecule has 5 heteroatoms. The van der Waals surface area contributed by atoms with Gasteiger partial charge < -0.3 is 5.11 Å². The van der Waals surface area contributed by atoms with Crippen LogP contribution in [0, 0.1) is 18.3 Å². The maximum atomic E-state index is 13.3. The Bertz CT molecular complexity index is 1030. The van der Waals surface area contributed by atoms with E-state index in [4.69, 9.17) is 0 Å². The molecule has 0 spiro atoms. The van der Waals surface area contributed by atoms with E-state index in [2.05, 4.69) is 20.8 Å². The van der Waals surface area contributed by atoms with E-state index in [9.17, 15) is 20.0 Å². The van der Waals surface area contributed by atoms with E-state index < -0.39 is 5.56 Å². The van der Waals surface area contributed by atoms with Crippen LogP contribution in [0.5, 0.6) is 5.88 Å². The third-order valence-electron chi connectivity index (χ3n) is 5.93. The van der Waals surface area contributed by atoms with Crippen LogP contribution >= 0.6 is 0 Å². The smallest absolute Gasteiger partial charge is 0.271 e. The summed E-state index contributed by atoms with van der Waals surface area (Å²) in [5.74, 6) is -0.690. The molecule has 1 aromatic carbocycles. The summed E-state index contributed by atoms with van der Waals surface area (Å²) in [5.41, 5.74) is 1.20. The Labute approximate surface area is 171 Å². The summed E-state index contributed by atoms with van der Waals surface area (Å²) in [6.45, 7) is 7.85. The molecule has 0 saturated heterocycles. The number of aromatic nitrogens is 1. The second-order valence-corrected chi connectivity index (χ2v) is 8.93. The second-order valence-electron chi connectivity index (χ2n) is 8.93. The van der Waals surface area contributed by atoms with Gasteiger partial charge in [-0.15, -0.1) is 0 Å². The van der Waals surface area contributed by atoms with Crippen LogP contribution < -0.4 is 5.56 Å². The zero-order valence-electron chi connectivity index (χ0n) is 17.6. The molecule has 1 aromatic heterocycles. The van der Waals surface area contributed by atoms with Crippen molar-refractivity contribution in [3.8, 4) is 11.9 Å². The summed E-state index contributed by atoms with van der Waals surface area (Å²) < 4.78 is 1.28. The Morgan fingerprint density at radius 2 is 1.72 bits per heavy atom. The average molecular weight is 392 g/mol. The highest BCUT2D eigenvalue weighted by atomic mass is 16.3. The van der Waals surface area contributed by atoms with E-state index in [1.165, 1.54) is 4.57 Å². The van der Waals surface area contributed by atoms with Crippen molar-refractivity contribution < 1.29 is 9.90 Å². The van der Waals surface area contributed by atoms with Crippen molar-refractivity contribution >= 4 is 5.78 Å². The van der Waals surface area contributed by atoms with E-state index in [0.717, 1.165) is 37.7 Å². The van der Waals surface area contributed by atoms with Gasteiger partial charge in [0.1, 0.15) is 11.6 Å². The molecule has 1 aliphatic rings. The average Bonchev–Trinajstić information content (AvgIpc) is 2.68. The minimum absolute atomic E-state index is 0.0399. The minimum Gasteiger partial charge on any atom is -0.494 e. The number of rotatable bonds is 3. The van der Waals surface area contributed by atoms with Gasteiger partial charge in [0.15, 0.2) is 5.78 Å². The van der Waals surface area contributed by atoms with Crippen LogP contribution in [0.4, 0.5) is 0 Å². The molecule has 3 rings (SSSR count). The van der Waals surface area contributed by atoms with Gasteiger partial charge >= 0.3 is 0 Å². The lowest BCUT2D eigenvalue weighted by molar-refractivity contribution is 0.103. The van der Waals surface area contributed by atoms with Crippen molar-refractivity contribution in [3.05, 3.63) is 62.4 Å². The molecule has 0 amide bonds. The lowest BCUT2D eigenvalue weighted by Gasteiger charge is -2.26. The molecule has 1 fully saturated rings. The molecule has 5 nitrogen and oxygen atoms in total. The number of carbonyl (C=O) groups excluding carboxylic acids is 1. The zero-order valence-corrected chi connectivity index (χ0v) is 17.6. The SMILES string of the molecule is Cc1c(C(=O)c2ccc(C(C)(C)C)cc2)c(O)n(C2CCCCC2)c(=O)c1C#N. The third kappa shape index (κ3) is 3.85. The van der Waals surface area contributed by atoms with Gasteiger partial charge in [-0.05, 0) is 36.3 Å². The van der Waals surface area contributed by atoms with Crippen molar-refractivity contribution in [1.82, 2.24) is 4.57 Å². The number of pyridine rings is 1. The molecule has 1 saturated carbocycles. The van der Waals surface area contributed by atoms with Crippen LogP contribution in [0.3, 0.4) is 0 Å². The lowest BCUT2D eigenvalue weighted by atomic mass is 9.86. The summed E-state index contributed by atoms with van der Waals surface area (Å²) in [5, 5.41) is 20.5. The van der Waals surface area contributed by atoms with Crippen LogP contribution in [0.1, 0.15) is 91.5 Å². The predicted molar refractivity (Wildman–Crippen MR) is 113 cm³/mol. The number of carbonyl (C=O) groups is 1. The van der Waals surface area contributed by atoms with Crippen molar-refractivity contribution in [2.45, 2.75) is 71.3 Å². The molecule has 29 heavy (non-hydrogen) atoms. The summed E-state index contributed by atoms with van der Waals surface area (Å²) in [6.07, 6.45) is 4.53. The number of ketones is 1. The fourth-order valence-corrected chi connectivity index (χ4v) is 4.14. The Hall–Kier alpha value is -2.87. The number of aromatic hydroxyl groups is 1. The van der Waals surface area contributed by atoms with Crippen LogP contribution in [-0.4, -0.2) is 15.5 Å². The highest BCUT2D eigenvalue weighted by molar-refractivity contribution is 6.11. The Morgan fingerprint density at radius 3 is 2.24 bits per heavy atom. The monoisotopic (exact) mass is 392 g/mol. The Kier molecular flexibility index (Phi) is 5.66. The number of benzene rings is 1. The molecule has 0 aliphatic heterocycles. The Morgan fingerprint density at radius 1 is 1.14 bits per heavy atom. The van der Waals surface area contributed by atoms with Gasteiger partial charge in [-0.2, -0.15) is 5.26 Å². The number of nitriles is 1. The highest BCUT2D eigenvalue weighted by Crippen LogP contribution is 2.34. The van der Waals surface area contributed by atoms with Gasteiger partial charge in [0.2, 0.25) is 5.88 Å². The van der Waals surface area contributed by atoms with Crippen LogP contribution in [-0.2, 0) is 5.41 Å². The van der Waals surface area contributed by atoms with Crippen molar-refractivity contribution in [1.29, 1.82) is 5.26 Å². The van der Waals surface area contributed by atoms with Gasteiger partial charge in [-0.25, -0.2) is 0 Å². The van der Waals surface area contributed by atoms with Crippen molar-refractivity contribution in [2.24, 2.45) is 0 Å². The summed E-state index contributed by atoms with van der Waals surface area (Å²) in [4.78, 5) is 26.2. The quantitative estimate of drug-likeness (QED) is 0.763. The third-order valence-corrected chi connectivity index (χ3v) is 5.93. The lowest BCUT2D eigenvalue weighted by Crippen LogP contribution is -2.31. The van der Waals surface area contributed by atoms with E-state index in [-0.39, 0.29) is 39.8 Å². The fraction of sp³-hybridized carbons (Fsp3) is 0.458. The van der Waals surface area contributed by atoms with E-state index >= 15 is 0 Å². The molecule has 2 aromatic rings. The number of nitrogens with zero attached hydrogens (tertiary/aromatic N) is 2. The van der Waals surface area contributed by atoms with Gasteiger partial charge in [0.25, 0.3) is 5.56 Å². The molecule has 1 aliphatic carbocycles. The van der Waals surface area contributed by atoms with E-state index in [1.807, 2.05) is 18.2 Å². The van der Waals surface area contributed by atoms with Crippen molar-refractivity contribution in [3.63, 3.8) is 0 Å². The first kappa shape index (κ1) is 20.9. The molecular weight excluding hydrogens is 364 g/mol. The molecule has 1 N–H and O–H groups in total. The predicted octanol–water partition coefficient (Wildman–Crippen LogP) is 4.77. The molecule has 0 unspecified atom stereocenters. The normalized spacial score (nSPS) is 15.1. The second kappa shape index (κ2) is 7.87. The first-order valence-electron chi connectivity index (χ1n) is 10.2. The highest BCUT2D eigenvalue weighted by Gasteiger charge is 2.29. The topological polar surface area (TPSA) is 83.1 Å². The summed E-state index contributed by atoms with van der Waals surface area (Å²) >= 11 is 0. The Balaban J connectivity index is 2.14. The molecule has 0 bridgehead atoms. The van der Waals surface area contributed by atoms with Gasteiger partial charge in [-0.1, -0.05) is 64.3 Å². The summed E-state index contributed by atoms with van der Waals surface area (Å²) in [7, 11) is 0. The van der Waals surface area contributed by atoms with Gasteiger partial charge in [0.05, 0.1) is 5.56 Å². The maximum Gasteiger partial charge on any atom is 0.271 e. The molecule has 0 radical (unpaired) electrons. The number of hydrogen-bond donors (Lipinski definition) is 1. The molecule has 1 heterocycles. The van der Waals surface area contributed by atoms with Crippen molar-refractivity contribution in [2.75, 3.05) is 0 Å². The van der Waals surface area contributed by atoms with Crippen LogP contribution in [0.25, 0.3) is 0 Å². The standard InChI is InChI=1S/C24H28N2O3/c1-15-19(14-25)22(28)26(18-8-6-5-7-9-18)23(29)20(15)21(27)16-10-12-17(13-11-16)24(2,3)4/h10-13,18,29H,5-9H2,1-4H3. The minimum atomic E-state index is -0.506. The fourth-order valence-electron chi connectivity index (χ4n) is 4.14. The molecule has 152 valence electrons. The number of hydrogen-bond acceptors (Lipinski definition) is 4. The van der Waals surface area contributed by atoms with Crippen LogP contribution in [0.2, 0.25) is 0 Å². The largest absolute Gasteiger partial charge is 0.494 e. The maximum absolute atomic E-state index is 13.3. The van der Waals surface area contributed by atoms with Gasteiger partial charge in [0, 0.05) is 11.6 Å².